The molecule has 0 spiro atoms. The standard InChI is InChI=1S/C13H22N2O3S/c1-5-10(3)15(4)19(16,17)13-9-11(14)7-8-12(13)18-6-2/h7-10H,5-6,14H2,1-4H3. The Morgan fingerprint density at radius 3 is 2.53 bits per heavy atom. The van der Waals surface area contributed by atoms with Gasteiger partial charge in [-0.15, -0.1) is 0 Å². The van der Waals surface area contributed by atoms with Crippen molar-refractivity contribution < 1.29 is 13.2 Å². The Kier molecular flexibility index (Phi) is 5.20. The van der Waals surface area contributed by atoms with E-state index in [0.717, 1.165) is 6.42 Å². The molecule has 2 N–H and O–H groups in total. The van der Waals surface area contributed by atoms with Crippen LogP contribution in [0.15, 0.2) is 23.1 Å². The first-order chi connectivity index (χ1) is 8.84. The molecule has 0 saturated heterocycles. The molecule has 6 heteroatoms. The maximum atomic E-state index is 12.6. The molecule has 0 heterocycles. The molecule has 0 aromatic heterocycles. The fourth-order valence-electron chi connectivity index (χ4n) is 1.65. The molecule has 1 rings (SSSR count). The molecule has 0 amide bonds. The molecule has 0 aliphatic heterocycles. The number of hydrogen-bond donors (Lipinski definition) is 1. The van der Waals surface area contributed by atoms with E-state index in [1.807, 2.05) is 20.8 Å². The van der Waals surface area contributed by atoms with Gasteiger partial charge < -0.3 is 10.5 Å². The monoisotopic (exact) mass is 286 g/mol. The minimum Gasteiger partial charge on any atom is -0.492 e. The normalized spacial score (nSPS) is 13.5. The summed E-state index contributed by atoms with van der Waals surface area (Å²) < 4.78 is 31.9. The van der Waals surface area contributed by atoms with E-state index in [0.29, 0.717) is 18.0 Å². The van der Waals surface area contributed by atoms with Crippen molar-refractivity contribution in [2.45, 2.75) is 38.1 Å². The van der Waals surface area contributed by atoms with Gasteiger partial charge >= 0.3 is 0 Å². The molecule has 0 radical (unpaired) electrons. The lowest BCUT2D eigenvalue weighted by molar-refractivity contribution is 0.327. The molecule has 19 heavy (non-hydrogen) atoms. The molecule has 108 valence electrons. The first-order valence-corrected chi connectivity index (χ1v) is 7.78. The van der Waals surface area contributed by atoms with Crippen LogP contribution in [0.5, 0.6) is 5.75 Å². The molecular formula is C13H22N2O3S. The number of ether oxygens (including phenoxy) is 1. The van der Waals surface area contributed by atoms with Crippen molar-refractivity contribution in [3.8, 4) is 5.75 Å². The Hall–Kier alpha value is -1.27. The highest BCUT2D eigenvalue weighted by Crippen LogP contribution is 2.29. The van der Waals surface area contributed by atoms with Gasteiger partial charge in [-0.25, -0.2) is 8.42 Å². The fraction of sp³-hybridized carbons (Fsp3) is 0.538. The van der Waals surface area contributed by atoms with E-state index in [2.05, 4.69) is 0 Å². The van der Waals surface area contributed by atoms with Gasteiger partial charge in [-0.1, -0.05) is 6.92 Å². The summed E-state index contributed by atoms with van der Waals surface area (Å²) in [5.41, 5.74) is 6.09. The minimum atomic E-state index is -3.60. The molecular weight excluding hydrogens is 264 g/mol. The molecule has 0 bridgehead atoms. The Balaban J connectivity index is 3.30. The molecule has 1 atom stereocenters. The highest BCUT2D eigenvalue weighted by atomic mass is 32.2. The number of rotatable bonds is 6. The number of benzene rings is 1. The summed E-state index contributed by atoms with van der Waals surface area (Å²) >= 11 is 0. The summed E-state index contributed by atoms with van der Waals surface area (Å²) in [6.45, 7) is 6.02. The van der Waals surface area contributed by atoms with E-state index in [1.165, 1.54) is 10.4 Å². The van der Waals surface area contributed by atoms with E-state index < -0.39 is 10.0 Å². The Bertz CT molecular complexity index is 529. The van der Waals surface area contributed by atoms with Crippen LogP contribution in [0.4, 0.5) is 5.69 Å². The topological polar surface area (TPSA) is 72.6 Å². The van der Waals surface area contributed by atoms with E-state index in [1.54, 1.807) is 19.2 Å². The van der Waals surface area contributed by atoms with Crippen molar-refractivity contribution >= 4 is 15.7 Å². The largest absolute Gasteiger partial charge is 0.492 e. The van der Waals surface area contributed by atoms with Crippen molar-refractivity contribution in [3.05, 3.63) is 18.2 Å². The number of sulfonamides is 1. The van der Waals surface area contributed by atoms with Gasteiger partial charge in [0.1, 0.15) is 10.6 Å². The molecule has 5 nitrogen and oxygen atoms in total. The van der Waals surface area contributed by atoms with Crippen LogP contribution in [0.3, 0.4) is 0 Å². The van der Waals surface area contributed by atoms with Gasteiger partial charge in [-0.3, -0.25) is 0 Å². The zero-order valence-electron chi connectivity index (χ0n) is 11.9. The summed E-state index contributed by atoms with van der Waals surface area (Å²) in [7, 11) is -2.03. The molecule has 1 aromatic rings. The van der Waals surface area contributed by atoms with Crippen LogP contribution in [-0.4, -0.2) is 32.4 Å². The summed E-state index contributed by atoms with van der Waals surface area (Å²) in [5.74, 6) is 0.340. The average molecular weight is 286 g/mol. The van der Waals surface area contributed by atoms with Gasteiger partial charge in [0, 0.05) is 18.8 Å². The van der Waals surface area contributed by atoms with Crippen LogP contribution in [0.2, 0.25) is 0 Å². The van der Waals surface area contributed by atoms with E-state index >= 15 is 0 Å². The average Bonchev–Trinajstić information content (AvgIpc) is 2.39. The number of nitrogen functional groups attached to an aromatic ring is 1. The first-order valence-electron chi connectivity index (χ1n) is 6.34. The van der Waals surface area contributed by atoms with Crippen LogP contribution in [-0.2, 0) is 10.0 Å². The number of nitrogens with zero attached hydrogens (tertiary/aromatic N) is 1. The second-order valence-corrected chi connectivity index (χ2v) is 6.38. The molecule has 1 unspecified atom stereocenters. The highest BCUT2D eigenvalue weighted by molar-refractivity contribution is 7.89. The lowest BCUT2D eigenvalue weighted by atomic mass is 10.3. The number of anilines is 1. The van der Waals surface area contributed by atoms with Gasteiger partial charge in [-0.05, 0) is 38.5 Å². The minimum absolute atomic E-state index is 0.0825. The van der Waals surface area contributed by atoms with Crippen LogP contribution in [0.25, 0.3) is 0 Å². The van der Waals surface area contributed by atoms with Gasteiger partial charge in [-0.2, -0.15) is 4.31 Å². The molecule has 1 aromatic carbocycles. The second-order valence-electron chi connectivity index (χ2n) is 4.42. The van der Waals surface area contributed by atoms with E-state index in [4.69, 9.17) is 10.5 Å². The maximum absolute atomic E-state index is 12.6. The van der Waals surface area contributed by atoms with Crippen molar-refractivity contribution in [1.82, 2.24) is 4.31 Å². The fourth-order valence-corrected chi connectivity index (χ4v) is 3.25. The van der Waals surface area contributed by atoms with Crippen LogP contribution in [0.1, 0.15) is 27.2 Å². The molecule has 0 aliphatic carbocycles. The van der Waals surface area contributed by atoms with E-state index in [9.17, 15) is 8.42 Å². The van der Waals surface area contributed by atoms with Gasteiger partial charge in [0.25, 0.3) is 0 Å². The third kappa shape index (κ3) is 3.39. The van der Waals surface area contributed by atoms with Crippen LogP contribution >= 0.6 is 0 Å². The summed E-state index contributed by atoms with van der Waals surface area (Å²) in [6.07, 6.45) is 0.738. The first kappa shape index (κ1) is 15.8. The van der Waals surface area contributed by atoms with Crippen molar-refractivity contribution in [3.63, 3.8) is 0 Å². The predicted molar refractivity (Wildman–Crippen MR) is 76.7 cm³/mol. The highest BCUT2D eigenvalue weighted by Gasteiger charge is 2.27. The Morgan fingerprint density at radius 1 is 1.37 bits per heavy atom. The molecule has 0 saturated carbocycles. The summed E-state index contributed by atoms with van der Waals surface area (Å²) in [4.78, 5) is 0.122. The molecule has 0 fully saturated rings. The van der Waals surface area contributed by atoms with Crippen molar-refractivity contribution in [2.24, 2.45) is 0 Å². The third-order valence-corrected chi connectivity index (χ3v) is 5.13. The summed E-state index contributed by atoms with van der Waals surface area (Å²) in [6, 6.07) is 4.59. The number of nitrogens with two attached hydrogens (primary N) is 1. The lowest BCUT2D eigenvalue weighted by Gasteiger charge is -2.24. The Morgan fingerprint density at radius 2 is 2.00 bits per heavy atom. The zero-order valence-corrected chi connectivity index (χ0v) is 12.7. The quantitative estimate of drug-likeness (QED) is 0.813. The van der Waals surface area contributed by atoms with Gasteiger partial charge in [0.2, 0.25) is 10.0 Å². The predicted octanol–water partition coefficient (Wildman–Crippen LogP) is 2.09. The third-order valence-electron chi connectivity index (χ3n) is 3.14. The number of hydrogen-bond acceptors (Lipinski definition) is 4. The van der Waals surface area contributed by atoms with Gasteiger partial charge in [0.05, 0.1) is 6.61 Å². The zero-order chi connectivity index (χ0) is 14.6. The second kappa shape index (κ2) is 6.25. The lowest BCUT2D eigenvalue weighted by Crippen LogP contribution is -2.34. The Labute approximate surface area is 115 Å². The maximum Gasteiger partial charge on any atom is 0.246 e. The van der Waals surface area contributed by atoms with Crippen LogP contribution in [0, 0.1) is 0 Å². The van der Waals surface area contributed by atoms with Gasteiger partial charge in [0.15, 0.2) is 0 Å². The molecule has 0 aliphatic rings. The smallest absolute Gasteiger partial charge is 0.246 e. The van der Waals surface area contributed by atoms with Crippen LogP contribution < -0.4 is 10.5 Å². The van der Waals surface area contributed by atoms with E-state index in [-0.39, 0.29) is 10.9 Å². The van der Waals surface area contributed by atoms with Crippen molar-refractivity contribution in [2.75, 3.05) is 19.4 Å². The summed E-state index contributed by atoms with van der Waals surface area (Å²) in [5, 5.41) is 0. The van der Waals surface area contributed by atoms with Crippen molar-refractivity contribution in [1.29, 1.82) is 0 Å². The SMILES string of the molecule is CCOc1ccc(N)cc1S(=O)(=O)N(C)C(C)CC.